The summed E-state index contributed by atoms with van der Waals surface area (Å²) in [7, 11) is 0. The van der Waals surface area contributed by atoms with Gasteiger partial charge in [-0.1, -0.05) is 20.8 Å². The first kappa shape index (κ1) is 14.5. The monoisotopic (exact) mass is 240 g/mol. The Labute approximate surface area is 106 Å². The van der Waals surface area contributed by atoms with Gasteiger partial charge < -0.3 is 10.6 Å². The fourth-order valence-corrected chi connectivity index (χ4v) is 2.58. The fraction of sp³-hybridized carbons (Fsp3) is 0.929. The van der Waals surface area contributed by atoms with Crippen molar-refractivity contribution in [3.63, 3.8) is 0 Å². The lowest BCUT2D eigenvalue weighted by atomic mass is 9.88. The zero-order valence-corrected chi connectivity index (χ0v) is 12.0. The maximum absolute atomic E-state index is 12.2. The van der Waals surface area contributed by atoms with E-state index in [1.165, 1.54) is 6.42 Å². The van der Waals surface area contributed by atoms with E-state index in [9.17, 15) is 4.79 Å². The van der Waals surface area contributed by atoms with Crippen molar-refractivity contribution in [3.8, 4) is 0 Å². The van der Waals surface area contributed by atoms with E-state index in [1.54, 1.807) is 0 Å². The fourth-order valence-electron chi connectivity index (χ4n) is 2.58. The standard InChI is InChI=1S/C14H28N2O/c1-6-14(5,7-2)16-13(17)12-9-10(3)8-11(4)15-12/h10-12,15H,6-9H2,1-5H3,(H,16,17). The van der Waals surface area contributed by atoms with Crippen LogP contribution < -0.4 is 10.6 Å². The van der Waals surface area contributed by atoms with Crippen LogP contribution in [-0.2, 0) is 4.79 Å². The third-order valence-electron chi connectivity index (χ3n) is 4.18. The van der Waals surface area contributed by atoms with Crippen LogP contribution in [0.3, 0.4) is 0 Å². The molecule has 1 fully saturated rings. The minimum atomic E-state index is -0.0529. The molecule has 0 spiro atoms. The zero-order chi connectivity index (χ0) is 13.1. The first-order valence-corrected chi connectivity index (χ1v) is 6.98. The normalized spacial score (nSPS) is 30.1. The predicted octanol–water partition coefficient (Wildman–Crippen LogP) is 2.46. The molecule has 0 aromatic rings. The summed E-state index contributed by atoms with van der Waals surface area (Å²) in [5.41, 5.74) is -0.0529. The molecule has 0 bridgehead atoms. The molecule has 2 N–H and O–H groups in total. The highest BCUT2D eigenvalue weighted by atomic mass is 16.2. The van der Waals surface area contributed by atoms with E-state index in [-0.39, 0.29) is 17.5 Å². The van der Waals surface area contributed by atoms with Gasteiger partial charge in [0, 0.05) is 11.6 Å². The topological polar surface area (TPSA) is 41.1 Å². The molecule has 0 aliphatic carbocycles. The molecule has 3 heteroatoms. The van der Waals surface area contributed by atoms with Crippen LogP contribution in [-0.4, -0.2) is 23.5 Å². The van der Waals surface area contributed by atoms with Crippen molar-refractivity contribution < 1.29 is 4.79 Å². The first-order chi connectivity index (χ1) is 7.90. The largest absolute Gasteiger partial charge is 0.350 e. The van der Waals surface area contributed by atoms with Crippen molar-refractivity contribution in [3.05, 3.63) is 0 Å². The van der Waals surface area contributed by atoms with Crippen molar-refractivity contribution in [1.82, 2.24) is 10.6 Å². The molecule has 3 nitrogen and oxygen atoms in total. The van der Waals surface area contributed by atoms with Crippen molar-refractivity contribution in [1.29, 1.82) is 0 Å². The van der Waals surface area contributed by atoms with Gasteiger partial charge in [0.05, 0.1) is 6.04 Å². The van der Waals surface area contributed by atoms with Gasteiger partial charge >= 0.3 is 0 Å². The molecule has 0 saturated carbocycles. The second kappa shape index (κ2) is 5.85. The van der Waals surface area contributed by atoms with Gasteiger partial charge in [0.25, 0.3) is 0 Å². The summed E-state index contributed by atoms with van der Waals surface area (Å²) in [6, 6.07) is 0.440. The van der Waals surface area contributed by atoms with Gasteiger partial charge in [0.2, 0.25) is 5.91 Å². The molecular weight excluding hydrogens is 212 g/mol. The van der Waals surface area contributed by atoms with Crippen LogP contribution in [0.2, 0.25) is 0 Å². The Bertz CT molecular complexity index is 251. The van der Waals surface area contributed by atoms with Gasteiger partial charge in [0.15, 0.2) is 0 Å². The molecule has 3 unspecified atom stereocenters. The first-order valence-electron chi connectivity index (χ1n) is 6.98. The summed E-state index contributed by atoms with van der Waals surface area (Å²) in [4.78, 5) is 12.2. The highest BCUT2D eigenvalue weighted by Crippen LogP contribution is 2.21. The number of carbonyl (C=O) groups is 1. The van der Waals surface area contributed by atoms with E-state index >= 15 is 0 Å². The third-order valence-corrected chi connectivity index (χ3v) is 4.18. The summed E-state index contributed by atoms with van der Waals surface area (Å²) >= 11 is 0. The molecule has 1 aliphatic rings. The number of carbonyl (C=O) groups excluding carboxylic acids is 1. The van der Waals surface area contributed by atoms with Crippen LogP contribution >= 0.6 is 0 Å². The van der Waals surface area contributed by atoms with Gasteiger partial charge in [-0.2, -0.15) is 0 Å². The van der Waals surface area contributed by atoms with E-state index in [1.807, 2.05) is 0 Å². The summed E-state index contributed by atoms with van der Waals surface area (Å²) in [5, 5.41) is 6.61. The zero-order valence-electron chi connectivity index (χ0n) is 12.0. The van der Waals surface area contributed by atoms with Crippen LogP contribution in [0.5, 0.6) is 0 Å². The molecule has 1 saturated heterocycles. The van der Waals surface area contributed by atoms with Crippen molar-refractivity contribution in [2.75, 3.05) is 0 Å². The predicted molar refractivity (Wildman–Crippen MR) is 71.9 cm³/mol. The van der Waals surface area contributed by atoms with E-state index in [0.717, 1.165) is 19.3 Å². The molecule has 3 atom stereocenters. The van der Waals surface area contributed by atoms with E-state index < -0.39 is 0 Å². The molecule has 1 aliphatic heterocycles. The van der Waals surface area contributed by atoms with Crippen LogP contribution in [0, 0.1) is 5.92 Å². The molecule has 0 aromatic carbocycles. The van der Waals surface area contributed by atoms with Gasteiger partial charge in [-0.05, 0) is 45.4 Å². The number of amides is 1. The maximum Gasteiger partial charge on any atom is 0.237 e. The van der Waals surface area contributed by atoms with Crippen LogP contribution in [0.15, 0.2) is 0 Å². The average molecular weight is 240 g/mol. The van der Waals surface area contributed by atoms with Crippen LogP contribution in [0.25, 0.3) is 0 Å². The highest BCUT2D eigenvalue weighted by Gasteiger charge is 2.31. The molecule has 0 aromatic heterocycles. The van der Waals surface area contributed by atoms with E-state index in [4.69, 9.17) is 0 Å². The van der Waals surface area contributed by atoms with Crippen molar-refractivity contribution in [2.24, 2.45) is 5.92 Å². The van der Waals surface area contributed by atoms with E-state index in [2.05, 4.69) is 45.3 Å². The quantitative estimate of drug-likeness (QED) is 0.792. The lowest BCUT2D eigenvalue weighted by molar-refractivity contribution is -0.126. The second-order valence-electron chi connectivity index (χ2n) is 5.95. The van der Waals surface area contributed by atoms with Gasteiger partial charge in [0.1, 0.15) is 0 Å². The second-order valence-corrected chi connectivity index (χ2v) is 5.95. The number of rotatable bonds is 4. The Balaban J connectivity index is 2.57. The minimum absolute atomic E-state index is 0.00817. The SMILES string of the molecule is CCC(C)(CC)NC(=O)C1CC(C)CC(C)N1. The van der Waals surface area contributed by atoms with E-state index in [0.29, 0.717) is 12.0 Å². The molecule has 100 valence electrons. The van der Waals surface area contributed by atoms with Crippen LogP contribution in [0.1, 0.15) is 60.3 Å². The lowest BCUT2D eigenvalue weighted by Crippen LogP contribution is -2.56. The molecule has 1 heterocycles. The lowest BCUT2D eigenvalue weighted by Gasteiger charge is -2.36. The summed E-state index contributed by atoms with van der Waals surface area (Å²) in [6.07, 6.45) is 4.09. The smallest absolute Gasteiger partial charge is 0.237 e. The molecule has 1 rings (SSSR count). The number of hydrogen-bond acceptors (Lipinski definition) is 2. The maximum atomic E-state index is 12.2. The minimum Gasteiger partial charge on any atom is -0.350 e. The molecule has 1 amide bonds. The van der Waals surface area contributed by atoms with Gasteiger partial charge in [-0.3, -0.25) is 4.79 Å². The van der Waals surface area contributed by atoms with Gasteiger partial charge in [-0.15, -0.1) is 0 Å². The Morgan fingerprint density at radius 2 is 1.88 bits per heavy atom. The Morgan fingerprint density at radius 3 is 2.35 bits per heavy atom. The molecule has 0 radical (unpaired) electrons. The Kier molecular flexibility index (Phi) is 4.99. The molecular formula is C14H28N2O. The Morgan fingerprint density at radius 1 is 1.29 bits per heavy atom. The van der Waals surface area contributed by atoms with Crippen LogP contribution in [0.4, 0.5) is 0 Å². The molecule has 17 heavy (non-hydrogen) atoms. The highest BCUT2D eigenvalue weighted by molar-refractivity contribution is 5.82. The van der Waals surface area contributed by atoms with Gasteiger partial charge in [-0.25, -0.2) is 0 Å². The number of nitrogens with one attached hydrogen (secondary N) is 2. The third kappa shape index (κ3) is 3.98. The van der Waals surface area contributed by atoms with Crippen molar-refractivity contribution in [2.45, 2.75) is 77.9 Å². The summed E-state index contributed by atoms with van der Waals surface area (Å²) < 4.78 is 0. The summed E-state index contributed by atoms with van der Waals surface area (Å²) in [5.74, 6) is 0.811. The summed E-state index contributed by atoms with van der Waals surface area (Å²) in [6.45, 7) is 10.8. The average Bonchev–Trinajstić information content (AvgIpc) is 2.27. The van der Waals surface area contributed by atoms with Crippen molar-refractivity contribution >= 4 is 5.91 Å². The Hall–Kier alpha value is -0.570. The number of piperidine rings is 1. The number of hydrogen-bond donors (Lipinski definition) is 2.